The maximum Gasteiger partial charge on any atom is 0.353 e. The molecule has 0 fully saturated rings. The zero-order valence-electron chi connectivity index (χ0n) is 14.9. The number of anilines is 2. The van der Waals surface area contributed by atoms with Gasteiger partial charge in [0.05, 0.1) is 29.9 Å². The van der Waals surface area contributed by atoms with Crippen molar-refractivity contribution in [2.24, 2.45) is 0 Å². The van der Waals surface area contributed by atoms with Crippen LogP contribution in [0.3, 0.4) is 0 Å². The van der Waals surface area contributed by atoms with E-state index in [1.807, 2.05) is 42.5 Å². The molecule has 2 aromatic rings. The summed E-state index contributed by atoms with van der Waals surface area (Å²) in [6.45, 7) is 0.935. The Morgan fingerprint density at radius 3 is 2.22 bits per heavy atom. The Labute approximate surface area is 157 Å². The molecule has 27 heavy (non-hydrogen) atoms. The van der Waals surface area contributed by atoms with Crippen LogP contribution in [0.2, 0.25) is 0 Å². The maximum atomic E-state index is 11.8. The van der Waals surface area contributed by atoms with E-state index in [-0.39, 0.29) is 43.3 Å². The summed E-state index contributed by atoms with van der Waals surface area (Å²) in [5.41, 5.74) is 0.757. The number of nitriles is 2. The fourth-order valence-corrected chi connectivity index (χ4v) is 2.66. The second kappa shape index (κ2) is 9.68. The van der Waals surface area contributed by atoms with Gasteiger partial charge in [0, 0.05) is 26.7 Å². The van der Waals surface area contributed by atoms with E-state index in [2.05, 4.69) is 9.97 Å². The van der Waals surface area contributed by atoms with Crippen LogP contribution in [0.5, 0.6) is 0 Å². The molecule has 0 bridgehead atoms. The number of hydrogen-bond donors (Lipinski definition) is 0. The number of nitrogens with zero attached hydrogens (tertiary/aromatic N) is 7. The molecule has 0 aliphatic rings. The van der Waals surface area contributed by atoms with Gasteiger partial charge < -0.3 is 9.80 Å². The first-order chi connectivity index (χ1) is 13.1. The van der Waals surface area contributed by atoms with E-state index in [1.54, 1.807) is 16.8 Å². The molecule has 2 rings (SSSR count). The van der Waals surface area contributed by atoms with Crippen molar-refractivity contribution < 1.29 is 4.92 Å². The predicted molar refractivity (Wildman–Crippen MR) is 99.9 cm³/mol. The van der Waals surface area contributed by atoms with Gasteiger partial charge in [0.15, 0.2) is 0 Å². The molecule has 0 atom stereocenters. The molecular weight excluding hydrogens is 346 g/mol. The lowest BCUT2D eigenvalue weighted by Crippen LogP contribution is -2.28. The van der Waals surface area contributed by atoms with Gasteiger partial charge in [-0.05, 0) is 5.56 Å². The molecule has 0 saturated carbocycles. The lowest BCUT2D eigenvalue weighted by Gasteiger charge is -2.24. The molecule has 0 N–H and O–H groups in total. The Kier molecular flexibility index (Phi) is 7.03. The average Bonchev–Trinajstić information content (AvgIpc) is 2.68. The quantitative estimate of drug-likeness (QED) is 0.491. The number of nitro groups is 1. The van der Waals surface area contributed by atoms with Crippen molar-refractivity contribution in [3.8, 4) is 12.1 Å². The zero-order chi connectivity index (χ0) is 19.6. The molecule has 9 nitrogen and oxygen atoms in total. The normalized spacial score (nSPS) is 9.89. The van der Waals surface area contributed by atoms with Crippen LogP contribution in [0, 0.1) is 32.8 Å². The molecule has 9 heteroatoms. The molecular formula is C18H19N7O2. The fourth-order valence-electron chi connectivity index (χ4n) is 2.66. The SMILES string of the molecule is CN(Cc1ccccc1)c1ncnc(N(CCC#N)CCC#N)c1[N+](=O)[O-]. The first-order valence-corrected chi connectivity index (χ1v) is 8.31. The van der Waals surface area contributed by atoms with Gasteiger partial charge in [-0.2, -0.15) is 10.5 Å². The molecule has 0 saturated heterocycles. The third kappa shape index (κ3) is 5.13. The minimum atomic E-state index is -0.516. The van der Waals surface area contributed by atoms with Gasteiger partial charge in [-0.25, -0.2) is 9.97 Å². The number of hydrogen-bond acceptors (Lipinski definition) is 8. The number of rotatable bonds is 9. The summed E-state index contributed by atoms with van der Waals surface area (Å²) in [6, 6.07) is 13.6. The van der Waals surface area contributed by atoms with Crippen molar-refractivity contribution in [3.05, 3.63) is 52.3 Å². The minimum Gasteiger partial charge on any atom is -0.349 e. The summed E-state index contributed by atoms with van der Waals surface area (Å²) in [6.07, 6.45) is 1.61. The summed E-state index contributed by atoms with van der Waals surface area (Å²) in [7, 11) is 1.72. The van der Waals surface area contributed by atoms with Crippen molar-refractivity contribution in [3.63, 3.8) is 0 Å². The van der Waals surface area contributed by atoms with Crippen LogP contribution < -0.4 is 9.80 Å². The zero-order valence-corrected chi connectivity index (χ0v) is 14.9. The van der Waals surface area contributed by atoms with Gasteiger partial charge in [-0.15, -0.1) is 0 Å². The van der Waals surface area contributed by atoms with Crippen LogP contribution in [0.15, 0.2) is 36.7 Å². The second-order valence-corrected chi connectivity index (χ2v) is 5.77. The van der Waals surface area contributed by atoms with Crippen molar-refractivity contribution in [2.45, 2.75) is 19.4 Å². The van der Waals surface area contributed by atoms with Gasteiger partial charge in [0.1, 0.15) is 6.33 Å². The van der Waals surface area contributed by atoms with Gasteiger partial charge in [0.25, 0.3) is 0 Å². The highest BCUT2D eigenvalue weighted by Gasteiger charge is 2.28. The summed E-state index contributed by atoms with van der Waals surface area (Å²) < 4.78 is 0. The van der Waals surface area contributed by atoms with Crippen LogP contribution >= 0.6 is 0 Å². The van der Waals surface area contributed by atoms with E-state index in [0.717, 1.165) is 5.56 Å². The van der Waals surface area contributed by atoms with Crippen molar-refractivity contribution in [2.75, 3.05) is 29.9 Å². The predicted octanol–water partition coefficient (Wildman–Crippen LogP) is 2.65. The largest absolute Gasteiger partial charge is 0.353 e. The van der Waals surface area contributed by atoms with E-state index < -0.39 is 4.92 Å². The van der Waals surface area contributed by atoms with Crippen molar-refractivity contribution in [1.29, 1.82) is 10.5 Å². The smallest absolute Gasteiger partial charge is 0.349 e. The molecule has 0 aliphatic heterocycles. The fraction of sp³-hybridized carbons (Fsp3) is 0.333. The molecule has 1 heterocycles. The van der Waals surface area contributed by atoms with Gasteiger partial charge >= 0.3 is 5.69 Å². The first-order valence-electron chi connectivity index (χ1n) is 8.31. The monoisotopic (exact) mass is 365 g/mol. The number of benzene rings is 1. The third-order valence-electron chi connectivity index (χ3n) is 3.88. The van der Waals surface area contributed by atoms with E-state index in [1.165, 1.54) is 6.33 Å². The Hall–Kier alpha value is -3.72. The van der Waals surface area contributed by atoms with Gasteiger partial charge in [0.2, 0.25) is 11.6 Å². The highest BCUT2D eigenvalue weighted by molar-refractivity contribution is 5.71. The minimum absolute atomic E-state index is 0.121. The van der Waals surface area contributed by atoms with Crippen LogP contribution in [0.1, 0.15) is 18.4 Å². The Morgan fingerprint density at radius 1 is 1.07 bits per heavy atom. The average molecular weight is 365 g/mol. The summed E-state index contributed by atoms with van der Waals surface area (Å²) >= 11 is 0. The van der Waals surface area contributed by atoms with Gasteiger partial charge in [-0.1, -0.05) is 30.3 Å². The molecule has 0 amide bonds. The summed E-state index contributed by atoms with van der Waals surface area (Å²) in [4.78, 5) is 22.8. The van der Waals surface area contributed by atoms with Crippen LogP contribution in [0.25, 0.3) is 0 Å². The molecule has 0 aliphatic carbocycles. The molecule has 1 aromatic carbocycles. The van der Waals surface area contributed by atoms with E-state index in [9.17, 15) is 10.1 Å². The Bertz CT molecular complexity index is 840. The van der Waals surface area contributed by atoms with Crippen molar-refractivity contribution >= 4 is 17.3 Å². The number of aromatic nitrogens is 2. The van der Waals surface area contributed by atoms with Crippen LogP contribution in [0.4, 0.5) is 17.3 Å². The summed E-state index contributed by atoms with van der Waals surface area (Å²) in [5.74, 6) is 0.309. The summed E-state index contributed by atoms with van der Waals surface area (Å²) in [5, 5.41) is 29.5. The van der Waals surface area contributed by atoms with Crippen molar-refractivity contribution in [1.82, 2.24) is 9.97 Å². The molecule has 0 unspecified atom stereocenters. The van der Waals surface area contributed by atoms with E-state index in [0.29, 0.717) is 6.54 Å². The Morgan fingerprint density at radius 2 is 1.67 bits per heavy atom. The Balaban J connectivity index is 2.41. The first kappa shape index (κ1) is 19.6. The van der Waals surface area contributed by atoms with Crippen LogP contribution in [-0.4, -0.2) is 35.0 Å². The van der Waals surface area contributed by atoms with E-state index in [4.69, 9.17) is 10.5 Å². The van der Waals surface area contributed by atoms with Crippen LogP contribution in [-0.2, 0) is 6.54 Å². The van der Waals surface area contributed by atoms with Gasteiger partial charge in [-0.3, -0.25) is 10.1 Å². The molecule has 0 spiro atoms. The highest BCUT2D eigenvalue weighted by Crippen LogP contribution is 2.34. The van der Waals surface area contributed by atoms with E-state index >= 15 is 0 Å². The topological polar surface area (TPSA) is 123 Å². The second-order valence-electron chi connectivity index (χ2n) is 5.77. The standard InChI is InChI=1S/C18H19N7O2/c1-23(13-15-7-3-2-4-8-15)17-16(25(26)27)18(22-14-21-17)24(11-5-9-19)12-6-10-20/h2-4,7-8,14H,5-6,11-13H2,1H3. The lowest BCUT2D eigenvalue weighted by atomic mass is 10.2. The highest BCUT2D eigenvalue weighted by atomic mass is 16.6. The lowest BCUT2D eigenvalue weighted by molar-refractivity contribution is -0.383. The molecule has 0 radical (unpaired) electrons. The maximum absolute atomic E-state index is 11.8. The molecule has 138 valence electrons. The molecule has 1 aromatic heterocycles. The third-order valence-corrected chi connectivity index (χ3v) is 3.88.